The number of fused-ring (bicyclic) bond motifs is 5. The third kappa shape index (κ3) is 3.75. The van der Waals surface area contributed by atoms with E-state index in [9.17, 15) is 0 Å². The number of nitrogen functional groups attached to an aromatic ring is 1. The summed E-state index contributed by atoms with van der Waals surface area (Å²) in [6.07, 6.45) is 1.72. The number of hydrazone groups is 1. The predicted molar refractivity (Wildman–Crippen MR) is 96.3 cm³/mol. The number of rotatable bonds is 0. The molecule has 0 aromatic heterocycles. The van der Waals surface area contributed by atoms with Gasteiger partial charge in [-0.3, -0.25) is 4.68 Å². The third-order valence-electron chi connectivity index (χ3n) is 4.92. The Morgan fingerprint density at radius 2 is 1.79 bits per heavy atom. The fourth-order valence-electron chi connectivity index (χ4n) is 3.86. The molecule has 0 saturated carbocycles. The van der Waals surface area contributed by atoms with Crippen LogP contribution >= 0.6 is 0 Å². The third-order valence-corrected chi connectivity index (χ3v) is 4.92. The van der Waals surface area contributed by atoms with Gasteiger partial charge in [-0.25, -0.2) is 4.98 Å². The Hall–Kier alpha value is -2.43. The molecule has 5 N–H and O–H groups in total. The number of para-hydroxylation sites is 1. The molecule has 28 heavy (non-hydrogen) atoms. The molecule has 0 saturated heterocycles. The van der Waals surface area contributed by atoms with E-state index in [-0.39, 0.29) is 5.41 Å². The molecule has 150 valence electrons. The summed E-state index contributed by atoms with van der Waals surface area (Å²) in [5.74, 6) is 12.2. The van der Waals surface area contributed by atoms with Crippen molar-refractivity contribution in [3.05, 3.63) is 41.2 Å². The first-order chi connectivity index (χ1) is 12.9. The molecule has 9 nitrogen and oxygen atoms in total. The molecule has 1 aliphatic carbocycles. The molecule has 3 aliphatic rings. The Morgan fingerprint density at radius 3 is 2.39 bits per heavy atom. The van der Waals surface area contributed by atoms with Crippen LogP contribution in [0.15, 0.2) is 29.4 Å². The highest BCUT2D eigenvalue weighted by molar-refractivity contribution is 6.12. The van der Waals surface area contributed by atoms with E-state index in [2.05, 4.69) is 31.9 Å². The van der Waals surface area contributed by atoms with Gasteiger partial charge in [0.1, 0.15) is 0 Å². The molecular formula is C18H22ClN5O4. The summed E-state index contributed by atoms with van der Waals surface area (Å²) < 4.78 is 34.5. The lowest BCUT2D eigenvalue weighted by molar-refractivity contribution is -1.92. The zero-order valence-corrected chi connectivity index (χ0v) is 16.5. The number of halogens is 1. The van der Waals surface area contributed by atoms with Crippen LogP contribution < -0.4 is 25.7 Å². The van der Waals surface area contributed by atoms with Crippen LogP contribution in [-0.4, -0.2) is 20.0 Å². The maximum Gasteiger partial charge on any atom is 0.0844 e. The Bertz CT molecular complexity index is 1030. The van der Waals surface area contributed by atoms with Crippen LogP contribution in [0, 0.1) is 22.6 Å². The molecule has 0 radical (unpaired) electrons. The van der Waals surface area contributed by atoms with Crippen molar-refractivity contribution in [2.75, 3.05) is 5.84 Å². The zero-order valence-electron chi connectivity index (χ0n) is 15.8. The van der Waals surface area contributed by atoms with Gasteiger partial charge in [-0.2, -0.15) is 19.1 Å². The van der Waals surface area contributed by atoms with Gasteiger partial charge in [-0.15, -0.1) is 0 Å². The number of hydrogen-bond donors (Lipinski definition) is 3. The van der Waals surface area contributed by atoms with Crippen LogP contribution in [0.1, 0.15) is 37.2 Å². The zero-order chi connectivity index (χ0) is 20.9. The first kappa shape index (κ1) is 20.3. The van der Waals surface area contributed by atoms with E-state index < -0.39 is 10.2 Å². The van der Waals surface area contributed by atoms with Crippen LogP contribution in [0.25, 0.3) is 22.2 Å². The van der Waals surface area contributed by atoms with Crippen molar-refractivity contribution in [1.29, 1.82) is 0 Å². The number of nitrogens with zero attached hydrogens (tertiary/aromatic N) is 3. The largest absolute Gasteiger partial charge is 0.339 e. The molecule has 4 rings (SSSR count). The molecule has 0 amide bonds. The first-order valence-corrected chi connectivity index (χ1v) is 9.77. The van der Waals surface area contributed by atoms with Crippen molar-refractivity contribution in [3.63, 3.8) is 0 Å². The second kappa shape index (κ2) is 6.87. The van der Waals surface area contributed by atoms with Crippen molar-refractivity contribution in [3.8, 4) is 11.3 Å². The number of nitrogens with two attached hydrogens (primary N) is 2. The van der Waals surface area contributed by atoms with Gasteiger partial charge in [0.15, 0.2) is 0 Å². The number of hydrogen-bond acceptors (Lipinski definition) is 8. The number of aromatic nitrogens is 2. The highest BCUT2D eigenvalue weighted by Crippen LogP contribution is 2.43. The van der Waals surface area contributed by atoms with Gasteiger partial charge < -0.3 is 11.7 Å². The molecule has 0 atom stereocenters. The minimum Gasteiger partial charge on any atom is -0.339 e. The van der Waals surface area contributed by atoms with Gasteiger partial charge in [-0.1, -0.05) is 32.0 Å². The van der Waals surface area contributed by atoms with Gasteiger partial charge in [-0.05, 0) is 31.2 Å². The minimum atomic E-state index is -4.69. The van der Waals surface area contributed by atoms with E-state index in [1.54, 1.807) is 4.68 Å². The van der Waals surface area contributed by atoms with Crippen molar-refractivity contribution < 1.29 is 28.9 Å². The Kier molecular flexibility index (Phi) is 4.98. The molecule has 10 heteroatoms. The Labute approximate surface area is 163 Å². The average molecular weight is 408 g/mol. The van der Waals surface area contributed by atoms with E-state index in [0.29, 0.717) is 0 Å². The summed E-state index contributed by atoms with van der Waals surface area (Å²) in [6.45, 7) is 6.49. The second-order valence-electron chi connectivity index (χ2n) is 7.62. The van der Waals surface area contributed by atoms with Gasteiger partial charge in [0.05, 0.1) is 37.5 Å². The van der Waals surface area contributed by atoms with Crippen LogP contribution in [0.4, 0.5) is 0 Å². The maximum absolute atomic E-state index is 8.60. The summed E-state index contributed by atoms with van der Waals surface area (Å²) >= 11 is 0. The molecule has 2 aliphatic heterocycles. The van der Waals surface area contributed by atoms with Gasteiger partial charge >= 0.3 is 0 Å². The summed E-state index contributed by atoms with van der Waals surface area (Å²) in [6, 6.07) is 8.17. The standard InChI is InChI=1S/C18H21N5.ClHO4/c1-10-15-11-6-4-5-7-12(11)21-17(15)16-13(22-19)8-18(2,3)9-14(16)23(10)20;2-1(3,4)5/h4-7H,8-9,19-20H2,1-3H3;(H,2,3,4,5)/b22-13+;. The molecular weight excluding hydrogens is 386 g/mol. The maximum atomic E-state index is 8.60. The lowest BCUT2D eigenvalue weighted by atomic mass is 9.74. The van der Waals surface area contributed by atoms with E-state index in [1.807, 2.05) is 18.2 Å². The fraction of sp³-hybridized carbons (Fsp3) is 0.333. The Morgan fingerprint density at radius 1 is 1.18 bits per heavy atom. The van der Waals surface area contributed by atoms with Crippen molar-refractivity contribution in [1.82, 2.24) is 9.66 Å². The molecule has 0 spiro atoms. The first-order valence-electron chi connectivity index (χ1n) is 8.51. The summed E-state index contributed by atoms with van der Waals surface area (Å²) in [7, 11) is -4.69. The number of pyridine rings is 1. The van der Waals surface area contributed by atoms with E-state index in [4.69, 9.17) is 35.3 Å². The van der Waals surface area contributed by atoms with Crippen molar-refractivity contribution in [2.45, 2.75) is 33.6 Å². The van der Waals surface area contributed by atoms with Crippen LogP contribution in [0.2, 0.25) is 0 Å². The molecule has 1 aromatic carbocycles. The van der Waals surface area contributed by atoms with Crippen LogP contribution in [0.5, 0.6) is 0 Å². The molecule has 2 heterocycles. The van der Waals surface area contributed by atoms with E-state index in [0.717, 1.165) is 57.7 Å². The quantitative estimate of drug-likeness (QED) is 0.306. The average Bonchev–Trinajstić information content (AvgIpc) is 2.96. The highest BCUT2D eigenvalue weighted by atomic mass is 35.7. The second-order valence-corrected chi connectivity index (χ2v) is 8.41. The lowest BCUT2D eigenvalue weighted by Crippen LogP contribution is -2.58. The fourth-order valence-corrected chi connectivity index (χ4v) is 3.86. The summed E-state index contributed by atoms with van der Waals surface area (Å²) in [5.41, 5.74) is 7.15. The normalized spacial score (nSPS) is 17.5. The van der Waals surface area contributed by atoms with Gasteiger partial charge in [0.25, 0.3) is 0 Å². The highest BCUT2D eigenvalue weighted by Gasteiger charge is 2.36. The smallest absolute Gasteiger partial charge is 0.0844 e. The van der Waals surface area contributed by atoms with Gasteiger partial charge in [0.2, 0.25) is 0 Å². The molecule has 0 unspecified atom stereocenters. The topological polar surface area (TPSA) is 172 Å². The minimum absolute atomic E-state index is 0.0818. The summed E-state index contributed by atoms with van der Waals surface area (Å²) in [5, 5.41) is 5.21. The van der Waals surface area contributed by atoms with Gasteiger partial charge in [0, 0.05) is 22.2 Å². The monoisotopic (exact) mass is 407 g/mol. The number of benzene rings is 1. The van der Waals surface area contributed by atoms with Crippen molar-refractivity contribution in [2.24, 2.45) is 16.4 Å². The lowest BCUT2D eigenvalue weighted by Gasteiger charge is -2.34. The van der Waals surface area contributed by atoms with Crippen LogP contribution in [-0.2, 0) is 6.42 Å². The molecule has 1 aromatic rings. The van der Waals surface area contributed by atoms with Crippen molar-refractivity contribution >= 4 is 16.6 Å². The Balaban J connectivity index is 0.000000403. The summed E-state index contributed by atoms with van der Waals surface area (Å²) in [4.78, 5) is 4.87. The SMILES string of the molecule is Cc1c2c3ccccc3nc-2c2c(n1N)CC(C)(C)C/C2=N\N.[O-][Cl+3]([O-])([O-])O. The van der Waals surface area contributed by atoms with Crippen LogP contribution in [0.3, 0.4) is 0 Å². The van der Waals surface area contributed by atoms with E-state index in [1.165, 1.54) is 0 Å². The predicted octanol–water partition coefficient (Wildman–Crippen LogP) is -1.33. The molecule has 0 bridgehead atoms. The molecule has 0 fully saturated rings. The van der Waals surface area contributed by atoms with E-state index >= 15 is 0 Å².